The number of halogens is 1. The van der Waals surface area contributed by atoms with E-state index in [9.17, 15) is 38.7 Å². The fourth-order valence-corrected chi connectivity index (χ4v) is 8.59. The smallest absolute Gasteiger partial charge is 0.329 e. The van der Waals surface area contributed by atoms with Gasteiger partial charge in [0.15, 0.2) is 0 Å². The Bertz CT molecular complexity index is 1930. The van der Waals surface area contributed by atoms with Crippen molar-refractivity contribution in [2.75, 3.05) is 25.0 Å². The van der Waals surface area contributed by atoms with Crippen LogP contribution in [0.5, 0.6) is 0 Å². The number of rotatable bonds is 6. The predicted molar refractivity (Wildman–Crippen MR) is 212 cm³/mol. The zero-order chi connectivity index (χ0) is 41.8. The number of hydrogen-bond acceptors (Lipinski definition) is 9. The van der Waals surface area contributed by atoms with Crippen molar-refractivity contribution in [2.45, 2.75) is 115 Å². The molecule has 0 aromatic heterocycles. The minimum atomic E-state index is -1.61. The van der Waals surface area contributed by atoms with Crippen LogP contribution in [0.1, 0.15) is 64.0 Å². The van der Waals surface area contributed by atoms with Gasteiger partial charge in [0.1, 0.15) is 42.4 Å². The number of hydrogen-bond donors (Lipinski definition) is 5. The first-order valence-corrected chi connectivity index (χ1v) is 20.3. The van der Waals surface area contributed by atoms with Gasteiger partial charge in [-0.3, -0.25) is 24.0 Å². The molecule has 17 heteroatoms. The predicted octanol–water partition coefficient (Wildman–Crippen LogP) is 1.90. The van der Waals surface area contributed by atoms with E-state index in [1.54, 1.807) is 24.3 Å². The lowest BCUT2D eigenvalue weighted by molar-refractivity contribution is -0.163. The molecule has 0 radical (unpaired) electrons. The molecule has 0 unspecified atom stereocenters. The van der Waals surface area contributed by atoms with Crippen molar-refractivity contribution in [3.05, 3.63) is 64.7 Å². The minimum Gasteiger partial charge on any atom is -0.458 e. The summed E-state index contributed by atoms with van der Waals surface area (Å²) in [6, 6.07) is 5.97. The van der Waals surface area contributed by atoms with Crippen LogP contribution >= 0.6 is 11.6 Å². The second-order valence-corrected chi connectivity index (χ2v) is 16.4. The summed E-state index contributed by atoms with van der Waals surface area (Å²) in [6.45, 7) is 6.89. The zero-order valence-electron chi connectivity index (χ0n) is 33.1. The van der Waals surface area contributed by atoms with Gasteiger partial charge in [0.2, 0.25) is 29.5 Å². The van der Waals surface area contributed by atoms with E-state index in [0.717, 1.165) is 5.56 Å². The third-order valence-corrected chi connectivity index (χ3v) is 11.5. The Morgan fingerprint density at radius 2 is 1.64 bits per heavy atom. The fraction of sp³-hybridized carbons (Fsp3) is 0.537. The van der Waals surface area contributed by atoms with Gasteiger partial charge in [0.05, 0.1) is 6.10 Å². The van der Waals surface area contributed by atoms with Gasteiger partial charge in [-0.2, -0.15) is 0 Å². The van der Waals surface area contributed by atoms with Crippen molar-refractivity contribution in [2.24, 2.45) is 5.92 Å². The van der Waals surface area contributed by atoms with Crippen molar-refractivity contribution in [1.82, 2.24) is 30.7 Å². The SMILES string of the molecule is Cc1cccc(C[C@H](NC(=O)Nc2cccc(Cl)c2)C(=O)N[C@@H]2C(=O)N3C[C@H](O)C[C@H]3C(=O)N3CCCC[C@H]3C(=O)N[C@@H](C)C(=O)N3C[C@H](C)C[C@H]3C(=O)O[C@H]2C)c1. The Morgan fingerprint density at radius 1 is 0.897 bits per heavy atom. The molecule has 7 amide bonds. The number of ether oxygens (including phenoxy) is 1. The molecule has 312 valence electrons. The summed E-state index contributed by atoms with van der Waals surface area (Å²) in [5, 5.41) is 22.1. The number of carbonyl (C=O) groups excluding carboxylic acids is 7. The molecule has 6 rings (SSSR count). The van der Waals surface area contributed by atoms with E-state index < -0.39 is 90.0 Å². The van der Waals surface area contributed by atoms with Crippen LogP contribution in [0.4, 0.5) is 10.5 Å². The van der Waals surface area contributed by atoms with Crippen molar-refractivity contribution in [3.8, 4) is 0 Å². The lowest BCUT2D eigenvalue weighted by Gasteiger charge is -2.39. The molecular weight excluding hydrogens is 770 g/mol. The number of nitrogens with one attached hydrogen (secondary N) is 4. The van der Waals surface area contributed by atoms with Crippen molar-refractivity contribution >= 4 is 58.8 Å². The van der Waals surface area contributed by atoms with Gasteiger partial charge in [-0.1, -0.05) is 54.4 Å². The van der Waals surface area contributed by atoms with Crippen molar-refractivity contribution in [3.63, 3.8) is 0 Å². The first-order valence-electron chi connectivity index (χ1n) is 19.9. The third-order valence-electron chi connectivity index (χ3n) is 11.3. The Labute approximate surface area is 342 Å². The maximum Gasteiger partial charge on any atom is 0.329 e. The standard InChI is InChI=1S/C41H52ClN7O9/c1-22-9-7-10-26(15-22)17-30(45-41(57)44-28-12-8-11-27(42)18-28)35(51)46-34-25(4)58-40(56)33-16-23(2)20-48(33)37(53)24(3)43-36(52)31-13-5-6-14-47(31)38(54)32-19-29(50)21-49(32)39(34)55/h7-12,15,18,23-25,29-34,50H,5-6,13-14,16-17,19-21H2,1-4H3,(H,43,52)(H,46,51)(H2,44,45,57)/t23-,24+,25+,29-,30+,31+,32+,33+,34+/m1/s1. The highest BCUT2D eigenvalue weighted by Gasteiger charge is 2.49. The average Bonchev–Trinajstić information content (AvgIpc) is 3.77. The van der Waals surface area contributed by atoms with Crippen LogP contribution in [-0.4, -0.2) is 129 Å². The normalized spacial score (nSPS) is 28.8. The lowest BCUT2D eigenvalue weighted by Crippen LogP contribution is -2.63. The van der Waals surface area contributed by atoms with Crippen LogP contribution in [0, 0.1) is 12.8 Å². The second kappa shape index (κ2) is 18.1. The summed E-state index contributed by atoms with van der Waals surface area (Å²) >= 11 is 6.11. The Balaban J connectivity index is 1.35. The highest BCUT2D eigenvalue weighted by atomic mass is 35.5. The van der Waals surface area contributed by atoms with E-state index in [0.29, 0.717) is 35.5 Å². The van der Waals surface area contributed by atoms with E-state index in [1.165, 1.54) is 34.6 Å². The molecule has 2 aromatic rings. The molecule has 4 saturated heterocycles. The number of anilines is 1. The van der Waals surface area contributed by atoms with Crippen molar-refractivity contribution < 1.29 is 43.4 Å². The molecule has 0 spiro atoms. The maximum atomic E-state index is 14.8. The number of cyclic esters (lactones) is 1. The largest absolute Gasteiger partial charge is 0.458 e. The molecule has 0 aliphatic carbocycles. The molecule has 4 fully saturated rings. The average molecular weight is 822 g/mol. The Morgan fingerprint density at radius 3 is 2.38 bits per heavy atom. The summed E-state index contributed by atoms with van der Waals surface area (Å²) in [5.41, 5.74) is 1.98. The van der Waals surface area contributed by atoms with Gasteiger partial charge in [-0.05, 0) is 76.1 Å². The summed E-state index contributed by atoms with van der Waals surface area (Å²) in [6.07, 6.45) is -0.740. The monoisotopic (exact) mass is 821 g/mol. The molecule has 58 heavy (non-hydrogen) atoms. The number of aliphatic hydroxyl groups is 1. The van der Waals surface area contributed by atoms with Crippen LogP contribution in [0.25, 0.3) is 0 Å². The topological polar surface area (TPSA) is 207 Å². The van der Waals surface area contributed by atoms with Crippen LogP contribution in [0.2, 0.25) is 5.02 Å². The van der Waals surface area contributed by atoms with E-state index in [4.69, 9.17) is 16.3 Å². The van der Waals surface area contributed by atoms with Gasteiger partial charge < -0.3 is 45.8 Å². The van der Waals surface area contributed by atoms with Crippen LogP contribution in [-0.2, 0) is 39.9 Å². The first kappa shape index (κ1) is 42.4. The van der Waals surface area contributed by atoms with Gasteiger partial charge in [0, 0.05) is 43.2 Å². The number of benzene rings is 2. The van der Waals surface area contributed by atoms with Crippen LogP contribution in [0.15, 0.2) is 48.5 Å². The molecule has 2 aromatic carbocycles. The highest BCUT2D eigenvalue weighted by molar-refractivity contribution is 6.30. The molecule has 0 saturated carbocycles. The maximum absolute atomic E-state index is 14.8. The molecule has 5 N–H and O–H groups in total. The molecule has 4 heterocycles. The lowest BCUT2D eigenvalue weighted by atomic mass is 9.98. The molecule has 4 aliphatic rings. The number of esters is 1. The summed E-state index contributed by atoms with van der Waals surface area (Å²) in [4.78, 5) is 102. The zero-order valence-corrected chi connectivity index (χ0v) is 33.9. The van der Waals surface area contributed by atoms with E-state index in [1.807, 2.05) is 32.0 Å². The quantitative estimate of drug-likeness (QED) is 0.270. The third kappa shape index (κ3) is 9.72. The van der Waals surface area contributed by atoms with E-state index >= 15 is 0 Å². The first-order chi connectivity index (χ1) is 27.6. The number of aliphatic hydroxyl groups excluding tert-OH is 1. The van der Waals surface area contributed by atoms with E-state index in [-0.39, 0.29) is 44.8 Å². The molecular formula is C41H52ClN7O9. The highest BCUT2D eigenvalue weighted by Crippen LogP contribution is 2.29. The van der Waals surface area contributed by atoms with Gasteiger partial charge in [-0.15, -0.1) is 0 Å². The Hall–Kier alpha value is -5.22. The molecule has 0 bridgehead atoms. The number of carbonyl (C=O) groups is 7. The number of fused-ring (bicyclic) bond motifs is 3. The second-order valence-electron chi connectivity index (χ2n) is 16.0. The summed E-state index contributed by atoms with van der Waals surface area (Å²) in [5.74, 6) is -4.11. The fourth-order valence-electron chi connectivity index (χ4n) is 8.40. The number of amides is 7. The molecule has 4 aliphatic heterocycles. The molecule has 9 atom stereocenters. The van der Waals surface area contributed by atoms with Crippen LogP contribution < -0.4 is 21.3 Å². The van der Waals surface area contributed by atoms with Gasteiger partial charge in [-0.25, -0.2) is 9.59 Å². The number of aryl methyl sites for hydroxylation is 1. The van der Waals surface area contributed by atoms with Crippen LogP contribution in [0.3, 0.4) is 0 Å². The number of piperidine rings is 1. The van der Waals surface area contributed by atoms with Crippen molar-refractivity contribution in [1.29, 1.82) is 0 Å². The van der Waals surface area contributed by atoms with E-state index in [2.05, 4.69) is 21.3 Å². The number of urea groups is 1. The van der Waals surface area contributed by atoms with Gasteiger partial charge in [0.25, 0.3) is 0 Å². The minimum absolute atomic E-state index is 0.00271. The summed E-state index contributed by atoms with van der Waals surface area (Å²) in [7, 11) is 0. The summed E-state index contributed by atoms with van der Waals surface area (Å²) < 4.78 is 5.92. The number of nitrogens with zero attached hydrogens (tertiary/aromatic N) is 3. The molecule has 16 nitrogen and oxygen atoms in total. The Kier molecular flexibility index (Phi) is 13.3. The van der Waals surface area contributed by atoms with Gasteiger partial charge >= 0.3 is 12.0 Å².